The van der Waals surface area contributed by atoms with Crippen LogP contribution in [0, 0.1) is 0 Å². The standard InChI is InChI=1S/C24H19NS/c1-4-10-20(11-5-1)16-17-23-18-19-24(26-23)25(21-12-6-2-7-13-21)22-14-8-3-9-15-22/h1-19H. The Kier molecular flexibility index (Phi) is 4.95. The van der Waals surface area contributed by atoms with Gasteiger partial charge in [-0.1, -0.05) is 72.8 Å². The van der Waals surface area contributed by atoms with E-state index in [9.17, 15) is 0 Å². The van der Waals surface area contributed by atoms with E-state index in [-0.39, 0.29) is 0 Å². The molecule has 0 N–H and O–H groups in total. The molecule has 1 heterocycles. The maximum absolute atomic E-state index is 2.30. The zero-order chi connectivity index (χ0) is 17.6. The predicted molar refractivity (Wildman–Crippen MR) is 114 cm³/mol. The van der Waals surface area contributed by atoms with Crippen molar-refractivity contribution in [2.75, 3.05) is 4.90 Å². The van der Waals surface area contributed by atoms with Gasteiger partial charge in [0.15, 0.2) is 0 Å². The molecule has 0 aliphatic rings. The van der Waals surface area contributed by atoms with Gasteiger partial charge < -0.3 is 4.90 Å². The average molecular weight is 353 g/mol. The highest BCUT2D eigenvalue weighted by Gasteiger charge is 2.13. The van der Waals surface area contributed by atoms with E-state index < -0.39 is 0 Å². The van der Waals surface area contributed by atoms with Crippen LogP contribution in [0.25, 0.3) is 12.2 Å². The lowest BCUT2D eigenvalue weighted by molar-refractivity contribution is 1.32. The second-order valence-corrected chi connectivity index (χ2v) is 7.02. The van der Waals surface area contributed by atoms with Crippen LogP contribution in [0.1, 0.15) is 10.4 Å². The first-order chi connectivity index (χ1) is 12.9. The van der Waals surface area contributed by atoms with Crippen LogP contribution in [-0.2, 0) is 0 Å². The van der Waals surface area contributed by atoms with Crippen molar-refractivity contribution in [2.45, 2.75) is 0 Å². The van der Waals surface area contributed by atoms with Crippen molar-refractivity contribution in [1.82, 2.24) is 0 Å². The third-order valence-electron chi connectivity index (χ3n) is 4.10. The summed E-state index contributed by atoms with van der Waals surface area (Å²) in [4.78, 5) is 3.53. The monoisotopic (exact) mass is 353 g/mol. The number of anilines is 3. The molecule has 0 radical (unpaired) electrons. The van der Waals surface area contributed by atoms with Crippen molar-refractivity contribution in [3.63, 3.8) is 0 Å². The van der Waals surface area contributed by atoms with Gasteiger partial charge in [-0.05, 0) is 48.0 Å². The summed E-state index contributed by atoms with van der Waals surface area (Å²) in [6.07, 6.45) is 4.34. The van der Waals surface area contributed by atoms with Crippen LogP contribution >= 0.6 is 11.3 Å². The molecule has 1 aromatic heterocycles. The molecule has 0 spiro atoms. The first-order valence-electron chi connectivity index (χ1n) is 8.63. The minimum Gasteiger partial charge on any atom is -0.302 e. The summed E-state index contributed by atoms with van der Waals surface area (Å²) in [6.45, 7) is 0. The number of nitrogens with zero attached hydrogens (tertiary/aromatic N) is 1. The molecular weight excluding hydrogens is 334 g/mol. The highest BCUT2D eigenvalue weighted by Crippen LogP contribution is 2.38. The molecule has 0 atom stereocenters. The van der Waals surface area contributed by atoms with Crippen molar-refractivity contribution < 1.29 is 0 Å². The Morgan fingerprint density at radius 2 is 1.08 bits per heavy atom. The summed E-state index contributed by atoms with van der Waals surface area (Å²) in [7, 11) is 0. The first kappa shape index (κ1) is 16.4. The van der Waals surface area contributed by atoms with E-state index in [1.807, 2.05) is 6.07 Å². The van der Waals surface area contributed by atoms with Crippen LogP contribution in [0.2, 0.25) is 0 Å². The normalized spacial score (nSPS) is 10.9. The number of hydrogen-bond donors (Lipinski definition) is 0. The van der Waals surface area contributed by atoms with E-state index in [1.54, 1.807) is 11.3 Å². The third-order valence-corrected chi connectivity index (χ3v) is 5.14. The minimum atomic E-state index is 1.17. The van der Waals surface area contributed by atoms with Crippen LogP contribution in [0.4, 0.5) is 16.4 Å². The molecule has 0 saturated heterocycles. The molecule has 4 rings (SSSR count). The molecule has 0 aliphatic carbocycles. The molecular formula is C24H19NS. The van der Waals surface area contributed by atoms with Gasteiger partial charge >= 0.3 is 0 Å². The zero-order valence-electron chi connectivity index (χ0n) is 14.3. The Balaban J connectivity index is 1.67. The van der Waals surface area contributed by atoms with Gasteiger partial charge in [0.2, 0.25) is 0 Å². The summed E-state index contributed by atoms with van der Waals surface area (Å²) in [5.74, 6) is 0. The van der Waals surface area contributed by atoms with Gasteiger partial charge in [-0.25, -0.2) is 0 Å². The van der Waals surface area contributed by atoms with E-state index in [2.05, 4.69) is 114 Å². The maximum Gasteiger partial charge on any atom is 0.100 e. The number of thiophene rings is 1. The van der Waals surface area contributed by atoms with Crippen molar-refractivity contribution in [3.8, 4) is 0 Å². The van der Waals surface area contributed by atoms with Crippen LogP contribution in [0.5, 0.6) is 0 Å². The van der Waals surface area contributed by atoms with E-state index in [0.29, 0.717) is 0 Å². The summed E-state index contributed by atoms with van der Waals surface area (Å²) >= 11 is 1.79. The topological polar surface area (TPSA) is 3.24 Å². The van der Waals surface area contributed by atoms with Crippen LogP contribution in [-0.4, -0.2) is 0 Å². The van der Waals surface area contributed by atoms with Crippen molar-refractivity contribution >= 4 is 39.9 Å². The smallest absolute Gasteiger partial charge is 0.100 e. The minimum absolute atomic E-state index is 1.17. The summed E-state index contributed by atoms with van der Waals surface area (Å²) in [5, 5.41) is 1.20. The number of hydrogen-bond acceptors (Lipinski definition) is 2. The van der Waals surface area contributed by atoms with Gasteiger partial charge in [-0.2, -0.15) is 0 Å². The molecule has 1 nitrogen and oxygen atoms in total. The van der Waals surface area contributed by atoms with Crippen molar-refractivity contribution in [1.29, 1.82) is 0 Å². The highest BCUT2D eigenvalue weighted by molar-refractivity contribution is 7.17. The van der Waals surface area contributed by atoms with Crippen LogP contribution < -0.4 is 4.90 Å². The van der Waals surface area contributed by atoms with E-state index >= 15 is 0 Å². The molecule has 0 bridgehead atoms. The Bertz CT molecular complexity index is 933. The van der Waals surface area contributed by atoms with E-state index in [0.717, 1.165) is 0 Å². The molecule has 26 heavy (non-hydrogen) atoms. The quantitative estimate of drug-likeness (QED) is 0.361. The second-order valence-electron chi connectivity index (χ2n) is 5.93. The van der Waals surface area contributed by atoms with Crippen molar-refractivity contribution in [3.05, 3.63) is 114 Å². The van der Waals surface area contributed by atoms with Gasteiger partial charge in [0, 0.05) is 16.3 Å². The summed E-state index contributed by atoms with van der Waals surface area (Å²) in [5.41, 5.74) is 3.55. The fourth-order valence-electron chi connectivity index (χ4n) is 2.85. The average Bonchev–Trinajstić information content (AvgIpc) is 3.18. The van der Waals surface area contributed by atoms with E-state index in [1.165, 1.54) is 26.8 Å². The van der Waals surface area contributed by atoms with Gasteiger partial charge in [0.1, 0.15) is 5.00 Å². The van der Waals surface area contributed by atoms with Crippen LogP contribution in [0.15, 0.2) is 103 Å². The highest BCUT2D eigenvalue weighted by atomic mass is 32.1. The molecule has 4 aromatic rings. The largest absolute Gasteiger partial charge is 0.302 e. The molecule has 0 amide bonds. The Hall–Kier alpha value is -3.10. The molecule has 126 valence electrons. The summed E-state index contributed by atoms with van der Waals surface area (Å²) in [6, 6.07) is 35.8. The lowest BCUT2D eigenvalue weighted by atomic mass is 10.2. The molecule has 3 aromatic carbocycles. The Morgan fingerprint density at radius 1 is 0.538 bits per heavy atom. The molecule has 0 fully saturated rings. The first-order valence-corrected chi connectivity index (χ1v) is 9.45. The Morgan fingerprint density at radius 3 is 1.65 bits per heavy atom. The van der Waals surface area contributed by atoms with E-state index in [4.69, 9.17) is 0 Å². The number of para-hydroxylation sites is 2. The van der Waals surface area contributed by atoms with Gasteiger partial charge in [0.25, 0.3) is 0 Å². The SMILES string of the molecule is C(=Cc1ccc(N(c2ccccc2)c2ccccc2)s1)c1ccccc1. The van der Waals surface area contributed by atoms with Gasteiger partial charge in [-0.3, -0.25) is 0 Å². The molecule has 2 heteroatoms. The lowest BCUT2D eigenvalue weighted by Gasteiger charge is -2.23. The molecule has 0 aliphatic heterocycles. The fraction of sp³-hybridized carbons (Fsp3) is 0. The lowest BCUT2D eigenvalue weighted by Crippen LogP contribution is -2.07. The molecule has 0 saturated carbocycles. The number of benzene rings is 3. The van der Waals surface area contributed by atoms with Crippen LogP contribution in [0.3, 0.4) is 0 Å². The zero-order valence-corrected chi connectivity index (χ0v) is 15.1. The summed E-state index contributed by atoms with van der Waals surface area (Å²) < 4.78 is 0. The number of rotatable bonds is 5. The predicted octanol–water partition coefficient (Wildman–Crippen LogP) is 7.39. The van der Waals surface area contributed by atoms with Gasteiger partial charge in [-0.15, -0.1) is 11.3 Å². The fourth-order valence-corrected chi connectivity index (χ4v) is 3.80. The van der Waals surface area contributed by atoms with Crippen molar-refractivity contribution in [2.24, 2.45) is 0 Å². The van der Waals surface area contributed by atoms with Gasteiger partial charge in [0.05, 0.1) is 0 Å². The third kappa shape index (κ3) is 3.76. The second kappa shape index (κ2) is 7.85. The maximum atomic E-state index is 2.30. The Labute approximate surface area is 158 Å². The molecule has 0 unspecified atom stereocenters.